The maximum atomic E-state index is 12.6. The van der Waals surface area contributed by atoms with Gasteiger partial charge in [-0.1, -0.05) is 13.8 Å². The van der Waals surface area contributed by atoms with Crippen LogP contribution in [0, 0.1) is 0 Å². The average Bonchev–Trinajstić information content (AvgIpc) is 2.96. The van der Waals surface area contributed by atoms with E-state index in [2.05, 4.69) is 34.4 Å². The number of nitrogens with one attached hydrogen (secondary N) is 2. The van der Waals surface area contributed by atoms with Gasteiger partial charge in [0, 0.05) is 36.7 Å². The minimum Gasteiger partial charge on any atom is -0.365 e. The number of aromatic nitrogens is 2. The second-order valence-corrected chi connectivity index (χ2v) is 9.49. The number of piperidine rings is 1. The first-order valence-corrected chi connectivity index (χ1v) is 11.0. The number of fused-ring (bicyclic) bond motifs is 1. The summed E-state index contributed by atoms with van der Waals surface area (Å²) in [7, 11) is 0. The summed E-state index contributed by atoms with van der Waals surface area (Å²) in [5.74, 6) is 0.388. The van der Waals surface area contributed by atoms with Crippen LogP contribution in [0.3, 0.4) is 0 Å². The number of nitrogens with zero attached hydrogens (tertiary/aromatic N) is 3. The highest BCUT2D eigenvalue weighted by Gasteiger charge is 2.40. The van der Waals surface area contributed by atoms with Crippen LogP contribution in [0.1, 0.15) is 67.9 Å². The molecular formula is C23H31N7O2. The van der Waals surface area contributed by atoms with Gasteiger partial charge in [-0.2, -0.15) is 4.98 Å². The summed E-state index contributed by atoms with van der Waals surface area (Å²) < 4.78 is 0. The van der Waals surface area contributed by atoms with Gasteiger partial charge >= 0.3 is 0 Å². The van der Waals surface area contributed by atoms with E-state index in [1.54, 1.807) is 0 Å². The lowest BCUT2D eigenvalue weighted by molar-refractivity contribution is -0.119. The number of benzene rings is 1. The molecule has 9 nitrogen and oxygen atoms in total. The molecular weight excluding hydrogens is 406 g/mol. The highest BCUT2D eigenvalue weighted by Crippen LogP contribution is 2.44. The van der Waals surface area contributed by atoms with E-state index in [9.17, 15) is 9.59 Å². The normalized spacial score (nSPS) is 19.6. The molecule has 170 valence electrons. The van der Waals surface area contributed by atoms with E-state index in [0.29, 0.717) is 18.3 Å². The third-order valence-electron chi connectivity index (χ3n) is 6.32. The Bertz CT molecular complexity index is 1080. The second-order valence-electron chi connectivity index (χ2n) is 9.49. The molecule has 0 bridgehead atoms. The Morgan fingerprint density at radius 1 is 1.34 bits per heavy atom. The predicted octanol–water partition coefficient (Wildman–Crippen LogP) is 2.60. The molecule has 2 aliphatic heterocycles. The second kappa shape index (κ2) is 8.05. The molecule has 1 atom stereocenters. The Labute approximate surface area is 188 Å². The van der Waals surface area contributed by atoms with E-state index in [1.165, 1.54) is 6.20 Å². The zero-order valence-electron chi connectivity index (χ0n) is 19.0. The molecule has 1 saturated heterocycles. The Morgan fingerprint density at radius 3 is 2.75 bits per heavy atom. The lowest BCUT2D eigenvalue weighted by atomic mass is 9.84. The van der Waals surface area contributed by atoms with Crippen molar-refractivity contribution in [3.63, 3.8) is 0 Å². The summed E-state index contributed by atoms with van der Waals surface area (Å²) in [6.07, 6.45) is 3.39. The van der Waals surface area contributed by atoms with E-state index in [1.807, 2.05) is 30.9 Å². The summed E-state index contributed by atoms with van der Waals surface area (Å²) in [5.41, 5.74) is 14.8. The zero-order chi connectivity index (χ0) is 23.2. The number of carbonyl (C=O) groups excluding carboxylic acids is 2. The molecule has 1 fully saturated rings. The summed E-state index contributed by atoms with van der Waals surface area (Å²) in [4.78, 5) is 35.6. The lowest BCUT2D eigenvalue weighted by Crippen LogP contribution is -2.43. The first-order valence-electron chi connectivity index (χ1n) is 11.0. The minimum atomic E-state index is -0.663. The van der Waals surface area contributed by atoms with Gasteiger partial charge < -0.3 is 27.0 Å². The van der Waals surface area contributed by atoms with Crippen LogP contribution in [0.4, 0.5) is 23.1 Å². The van der Waals surface area contributed by atoms with Gasteiger partial charge in [-0.05, 0) is 55.9 Å². The van der Waals surface area contributed by atoms with Crippen molar-refractivity contribution in [2.24, 2.45) is 11.5 Å². The third kappa shape index (κ3) is 3.88. The van der Waals surface area contributed by atoms with Gasteiger partial charge in [0.15, 0.2) is 0 Å². The maximum Gasteiger partial charge on any atom is 0.254 e. The van der Waals surface area contributed by atoms with Crippen molar-refractivity contribution in [3.05, 3.63) is 35.0 Å². The minimum absolute atomic E-state index is 0.0323. The molecule has 2 aliphatic rings. The van der Waals surface area contributed by atoms with Crippen molar-refractivity contribution in [2.75, 3.05) is 28.6 Å². The highest BCUT2D eigenvalue weighted by molar-refractivity contribution is 6.07. The van der Waals surface area contributed by atoms with E-state index in [-0.39, 0.29) is 23.4 Å². The number of anilines is 4. The van der Waals surface area contributed by atoms with Crippen molar-refractivity contribution >= 4 is 35.0 Å². The van der Waals surface area contributed by atoms with E-state index in [4.69, 9.17) is 11.5 Å². The number of hydrogen-bond donors (Lipinski definition) is 4. The molecule has 0 spiro atoms. The predicted molar refractivity (Wildman–Crippen MR) is 125 cm³/mol. The molecule has 2 amide bonds. The van der Waals surface area contributed by atoms with Gasteiger partial charge in [0.25, 0.3) is 5.91 Å². The fraction of sp³-hybridized carbons (Fsp3) is 0.478. The van der Waals surface area contributed by atoms with Gasteiger partial charge in [0.2, 0.25) is 11.9 Å². The van der Waals surface area contributed by atoms with Crippen LogP contribution in [0.5, 0.6) is 0 Å². The summed E-state index contributed by atoms with van der Waals surface area (Å²) >= 11 is 0. The van der Waals surface area contributed by atoms with Gasteiger partial charge in [-0.25, -0.2) is 4.98 Å². The molecule has 0 radical (unpaired) electrons. The molecule has 2 aromatic rings. The van der Waals surface area contributed by atoms with Gasteiger partial charge in [-0.15, -0.1) is 0 Å². The monoisotopic (exact) mass is 437 g/mol. The first-order chi connectivity index (χ1) is 15.1. The van der Waals surface area contributed by atoms with Crippen LogP contribution >= 0.6 is 0 Å². The average molecular weight is 438 g/mol. The Hall–Kier alpha value is -3.20. The molecule has 1 aromatic heterocycles. The standard InChI is InChI=1S/C23H31N7O2/c1-12(2)15-8-14(9-17-18(15)28-21(32)23(17,3)4)27-20-16(19(25)31)10-26-22(29-20)30-7-5-6-13(24)11-30/h8-10,12-13H,5-7,11,24H2,1-4H3,(H2,25,31)(H,28,32)(H,26,27,29). The van der Waals surface area contributed by atoms with Crippen LogP contribution in [0.25, 0.3) is 0 Å². The number of carbonyl (C=O) groups is 2. The van der Waals surface area contributed by atoms with E-state index < -0.39 is 11.3 Å². The molecule has 6 N–H and O–H groups in total. The number of rotatable bonds is 5. The molecule has 0 aliphatic carbocycles. The van der Waals surface area contributed by atoms with Gasteiger partial charge in [0.1, 0.15) is 11.4 Å². The zero-order valence-corrected chi connectivity index (χ0v) is 19.0. The largest absolute Gasteiger partial charge is 0.365 e. The van der Waals surface area contributed by atoms with Crippen molar-refractivity contribution in [2.45, 2.75) is 57.9 Å². The smallest absolute Gasteiger partial charge is 0.254 e. The quantitative estimate of drug-likeness (QED) is 0.564. The number of primary amides is 1. The molecule has 3 heterocycles. The van der Waals surface area contributed by atoms with Gasteiger partial charge in [0.05, 0.1) is 5.41 Å². The first kappa shape index (κ1) is 22.0. The Morgan fingerprint density at radius 2 is 2.09 bits per heavy atom. The van der Waals surface area contributed by atoms with Crippen molar-refractivity contribution < 1.29 is 9.59 Å². The van der Waals surface area contributed by atoms with Crippen molar-refractivity contribution in [1.29, 1.82) is 0 Å². The van der Waals surface area contributed by atoms with Crippen LogP contribution in [-0.2, 0) is 10.2 Å². The number of amides is 2. The summed E-state index contributed by atoms with van der Waals surface area (Å²) in [5, 5.41) is 6.30. The summed E-state index contributed by atoms with van der Waals surface area (Å²) in [6, 6.07) is 3.98. The number of hydrogen-bond acceptors (Lipinski definition) is 7. The fourth-order valence-electron chi connectivity index (χ4n) is 4.35. The van der Waals surface area contributed by atoms with Gasteiger partial charge in [-0.3, -0.25) is 9.59 Å². The number of nitrogens with two attached hydrogens (primary N) is 2. The van der Waals surface area contributed by atoms with E-state index >= 15 is 0 Å². The molecule has 32 heavy (non-hydrogen) atoms. The molecule has 1 aromatic carbocycles. The Kier molecular flexibility index (Phi) is 5.54. The molecule has 0 saturated carbocycles. The summed E-state index contributed by atoms with van der Waals surface area (Å²) in [6.45, 7) is 9.43. The highest BCUT2D eigenvalue weighted by atomic mass is 16.2. The lowest BCUT2D eigenvalue weighted by Gasteiger charge is -2.31. The van der Waals surface area contributed by atoms with Crippen LogP contribution in [0.15, 0.2) is 18.3 Å². The van der Waals surface area contributed by atoms with Crippen LogP contribution < -0.4 is 27.0 Å². The SMILES string of the molecule is CC(C)c1cc(Nc2nc(N3CCCC(N)C3)ncc2C(N)=O)cc2c1NC(=O)C2(C)C. The third-order valence-corrected chi connectivity index (χ3v) is 6.32. The Balaban J connectivity index is 1.76. The maximum absolute atomic E-state index is 12.6. The molecule has 4 rings (SSSR count). The fourth-order valence-corrected chi connectivity index (χ4v) is 4.35. The van der Waals surface area contributed by atoms with E-state index in [0.717, 1.165) is 41.9 Å². The topological polar surface area (TPSA) is 139 Å². The van der Waals surface area contributed by atoms with Crippen molar-refractivity contribution in [3.8, 4) is 0 Å². The van der Waals surface area contributed by atoms with Crippen LogP contribution in [-0.4, -0.2) is 40.9 Å². The molecule has 9 heteroatoms. The van der Waals surface area contributed by atoms with Crippen LogP contribution in [0.2, 0.25) is 0 Å². The molecule has 1 unspecified atom stereocenters. The van der Waals surface area contributed by atoms with Crippen molar-refractivity contribution in [1.82, 2.24) is 9.97 Å².